The third kappa shape index (κ3) is 3.88. The molecule has 1 aliphatic carbocycles. The molecule has 21 heavy (non-hydrogen) atoms. The Morgan fingerprint density at radius 2 is 1.95 bits per heavy atom. The molecule has 0 spiro atoms. The quantitative estimate of drug-likeness (QED) is 0.611. The van der Waals surface area contributed by atoms with Gasteiger partial charge in [0.2, 0.25) is 0 Å². The van der Waals surface area contributed by atoms with E-state index in [1.807, 2.05) is 0 Å². The van der Waals surface area contributed by atoms with Crippen LogP contribution in [0.1, 0.15) is 56.0 Å². The van der Waals surface area contributed by atoms with Gasteiger partial charge in [0.15, 0.2) is 0 Å². The Bertz CT molecular complexity index is 521. The van der Waals surface area contributed by atoms with E-state index in [4.69, 9.17) is 11.2 Å². The van der Waals surface area contributed by atoms with Crippen molar-refractivity contribution in [2.45, 2.75) is 46.1 Å². The fourth-order valence-electron chi connectivity index (χ4n) is 3.16. The molecule has 0 aromatic heterocycles. The molecule has 1 aromatic rings. The minimum absolute atomic E-state index is 0.0357. The number of esters is 1. The van der Waals surface area contributed by atoms with Crippen LogP contribution in [0.4, 0.5) is 0 Å². The summed E-state index contributed by atoms with van der Waals surface area (Å²) in [5, 5.41) is 0. The van der Waals surface area contributed by atoms with Crippen molar-refractivity contribution in [1.82, 2.24) is 0 Å². The topological polar surface area (TPSA) is 26.3 Å². The molecule has 1 saturated carbocycles. The van der Waals surface area contributed by atoms with E-state index < -0.39 is 0 Å². The second kappa shape index (κ2) is 6.80. The van der Waals surface area contributed by atoms with Crippen LogP contribution in [-0.4, -0.2) is 12.1 Å². The number of hydrogen-bond donors (Lipinski definition) is 0. The van der Waals surface area contributed by atoms with Crippen molar-refractivity contribution in [1.29, 1.82) is 0 Å². The van der Waals surface area contributed by atoms with Crippen LogP contribution in [-0.2, 0) is 4.74 Å². The standard InChI is InChI=1S/C19H24O2/c1-5-15-7-9-16(10-8-15)19(20)21-18-12-14(4)6-11-17(18)13(2)3/h1,7-10,13-14,17-18H,6,11-12H2,2-4H3. The van der Waals surface area contributed by atoms with Gasteiger partial charge in [-0.25, -0.2) is 4.79 Å². The van der Waals surface area contributed by atoms with Gasteiger partial charge in [0.1, 0.15) is 6.10 Å². The number of hydrogen-bond acceptors (Lipinski definition) is 2. The zero-order valence-corrected chi connectivity index (χ0v) is 13.1. The van der Waals surface area contributed by atoms with Gasteiger partial charge in [-0.05, 0) is 54.9 Å². The average Bonchev–Trinajstić information content (AvgIpc) is 2.47. The summed E-state index contributed by atoms with van der Waals surface area (Å²) in [6.07, 6.45) is 8.71. The monoisotopic (exact) mass is 284 g/mol. The molecular weight excluding hydrogens is 260 g/mol. The molecule has 0 N–H and O–H groups in total. The average molecular weight is 284 g/mol. The van der Waals surface area contributed by atoms with E-state index in [0.717, 1.165) is 18.4 Å². The van der Waals surface area contributed by atoms with E-state index in [-0.39, 0.29) is 12.1 Å². The van der Waals surface area contributed by atoms with Gasteiger partial charge in [-0.3, -0.25) is 0 Å². The molecule has 0 amide bonds. The summed E-state index contributed by atoms with van der Waals surface area (Å²) in [5.41, 5.74) is 1.35. The second-order valence-corrected chi connectivity index (χ2v) is 6.49. The van der Waals surface area contributed by atoms with Gasteiger partial charge in [-0.15, -0.1) is 6.42 Å². The van der Waals surface area contributed by atoms with Crippen molar-refractivity contribution in [3.05, 3.63) is 35.4 Å². The van der Waals surface area contributed by atoms with Crippen molar-refractivity contribution in [3.63, 3.8) is 0 Å². The van der Waals surface area contributed by atoms with Crippen LogP contribution < -0.4 is 0 Å². The third-order valence-electron chi connectivity index (χ3n) is 4.51. The minimum atomic E-state index is -0.233. The molecular formula is C19H24O2. The Morgan fingerprint density at radius 3 is 2.52 bits per heavy atom. The lowest BCUT2D eigenvalue weighted by Crippen LogP contribution is -2.35. The van der Waals surface area contributed by atoms with Gasteiger partial charge >= 0.3 is 5.97 Å². The zero-order chi connectivity index (χ0) is 15.4. The number of carbonyl (C=O) groups is 1. The Kier molecular flexibility index (Phi) is 5.07. The Balaban J connectivity index is 2.07. The van der Waals surface area contributed by atoms with Gasteiger partial charge in [-0.2, -0.15) is 0 Å². The highest BCUT2D eigenvalue weighted by molar-refractivity contribution is 5.89. The predicted molar refractivity (Wildman–Crippen MR) is 84.9 cm³/mol. The number of benzene rings is 1. The molecule has 0 radical (unpaired) electrons. The van der Waals surface area contributed by atoms with Crippen LogP contribution in [0.15, 0.2) is 24.3 Å². The summed E-state index contributed by atoms with van der Waals surface area (Å²) in [4.78, 5) is 12.3. The lowest BCUT2D eigenvalue weighted by atomic mass is 9.75. The minimum Gasteiger partial charge on any atom is -0.458 e. The lowest BCUT2D eigenvalue weighted by molar-refractivity contribution is -0.0174. The van der Waals surface area contributed by atoms with Gasteiger partial charge in [0.05, 0.1) is 5.56 Å². The highest BCUT2D eigenvalue weighted by Crippen LogP contribution is 2.35. The first-order chi connectivity index (χ1) is 10.0. The molecule has 1 aromatic carbocycles. The highest BCUT2D eigenvalue weighted by Gasteiger charge is 2.33. The van der Waals surface area contributed by atoms with Crippen LogP contribution in [0.3, 0.4) is 0 Å². The number of rotatable bonds is 3. The smallest absolute Gasteiger partial charge is 0.338 e. The third-order valence-corrected chi connectivity index (χ3v) is 4.51. The van der Waals surface area contributed by atoms with Crippen LogP contribution in [0.2, 0.25) is 0 Å². The lowest BCUT2D eigenvalue weighted by Gasteiger charge is -2.36. The Labute approximate surface area is 127 Å². The molecule has 0 aliphatic heterocycles. The normalized spacial score (nSPS) is 25.4. The maximum atomic E-state index is 12.3. The summed E-state index contributed by atoms with van der Waals surface area (Å²) < 4.78 is 5.80. The summed E-state index contributed by atoms with van der Waals surface area (Å²) in [7, 11) is 0. The summed E-state index contributed by atoms with van der Waals surface area (Å²) in [6.45, 7) is 6.66. The molecule has 112 valence electrons. The number of ether oxygens (including phenoxy) is 1. The molecule has 1 aliphatic rings. The largest absolute Gasteiger partial charge is 0.458 e. The van der Waals surface area contributed by atoms with Crippen LogP contribution in [0.25, 0.3) is 0 Å². The SMILES string of the molecule is C#Cc1ccc(C(=O)OC2CC(C)CCC2C(C)C)cc1. The molecule has 1 fully saturated rings. The van der Waals surface area contributed by atoms with Crippen molar-refractivity contribution >= 4 is 5.97 Å². The summed E-state index contributed by atoms with van der Waals surface area (Å²) >= 11 is 0. The van der Waals surface area contributed by atoms with Gasteiger partial charge < -0.3 is 4.74 Å². The van der Waals surface area contributed by atoms with Crippen LogP contribution in [0, 0.1) is 30.1 Å². The molecule has 0 heterocycles. The van der Waals surface area contributed by atoms with Crippen molar-refractivity contribution < 1.29 is 9.53 Å². The maximum absolute atomic E-state index is 12.3. The zero-order valence-electron chi connectivity index (χ0n) is 13.1. The van der Waals surface area contributed by atoms with Gasteiger partial charge in [-0.1, -0.05) is 33.1 Å². The van der Waals surface area contributed by atoms with E-state index in [1.54, 1.807) is 24.3 Å². The van der Waals surface area contributed by atoms with Crippen molar-refractivity contribution in [2.75, 3.05) is 0 Å². The summed E-state index contributed by atoms with van der Waals surface area (Å²) in [5.74, 6) is 3.95. The van der Waals surface area contributed by atoms with Crippen LogP contribution >= 0.6 is 0 Å². The van der Waals surface area contributed by atoms with Crippen molar-refractivity contribution in [2.24, 2.45) is 17.8 Å². The van der Waals surface area contributed by atoms with E-state index >= 15 is 0 Å². The number of carbonyl (C=O) groups excluding carboxylic acids is 1. The fourth-order valence-corrected chi connectivity index (χ4v) is 3.16. The fraction of sp³-hybridized carbons (Fsp3) is 0.526. The van der Waals surface area contributed by atoms with E-state index in [1.165, 1.54) is 6.42 Å². The molecule has 0 bridgehead atoms. The molecule has 2 nitrogen and oxygen atoms in total. The van der Waals surface area contributed by atoms with Crippen molar-refractivity contribution in [3.8, 4) is 12.3 Å². The molecule has 3 atom stereocenters. The number of terminal acetylenes is 1. The van der Waals surface area contributed by atoms with Gasteiger partial charge in [0.25, 0.3) is 0 Å². The van der Waals surface area contributed by atoms with E-state index in [9.17, 15) is 4.79 Å². The molecule has 0 saturated heterocycles. The molecule has 2 heteroatoms. The second-order valence-electron chi connectivity index (χ2n) is 6.49. The van der Waals surface area contributed by atoms with Crippen LogP contribution in [0.5, 0.6) is 0 Å². The Morgan fingerprint density at radius 1 is 1.29 bits per heavy atom. The maximum Gasteiger partial charge on any atom is 0.338 e. The van der Waals surface area contributed by atoms with Gasteiger partial charge in [0, 0.05) is 5.56 Å². The highest BCUT2D eigenvalue weighted by atomic mass is 16.5. The van der Waals surface area contributed by atoms with E-state index in [0.29, 0.717) is 23.3 Å². The molecule has 3 unspecified atom stereocenters. The van der Waals surface area contributed by atoms with E-state index in [2.05, 4.69) is 26.7 Å². The summed E-state index contributed by atoms with van der Waals surface area (Å²) in [6, 6.07) is 7.04. The first-order valence-electron chi connectivity index (χ1n) is 7.79. The Hall–Kier alpha value is -1.75. The molecule has 2 rings (SSSR count). The predicted octanol–water partition coefficient (Wildman–Crippen LogP) is 4.29. The first kappa shape index (κ1) is 15.6. The first-order valence-corrected chi connectivity index (χ1v) is 7.79.